The Morgan fingerprint density at radius 1 is 1.08 bits per heavy atom. The Hall–Kier alpha value is -1.06. The molecule has 0 aliphatic carbocycles. The van der Waals surface area contributed by atoms with Gasteiger partial charge in [0.15, 0.2) is 0 Å². The number of benzene rings is 1. The smallest absolute Gasteiger partial charge is 0.223 e. The molecule has 3 atom stereocenters. The number of amides is 1. The van der Waals surface area contributed by atoms with Crippen LogP contribution in [0.2, 0.25) is 0 Å². The number of piperidine rings is 2. The Kier molecular flexibility index (Phi) is 6.06. The van der Waals surface area contributed by atoms with Gasteiger partial charge in [0, 0.05) is 25.0 Å². The van der Waals surface area contributed by atoms with Crippen molar-refractivity contribution in [1.82, 2.24) is 10.2 Å². The first-order chi connectivity index (χ1) is 11.7. The third-order valence-electron chi connectivity index (χ3n) is 6.32. The molecule has 0 aromatic heterocycles. The highest BCUT2D eigenvalue weighted by atomic mass is 35.5. The second-order valence-electron chi connectivity index (χ2n) is 8.19. The summed E-state index contributed by atoms with van der Waals surface area (Å²) >= 11 is 0. The number of nitrogens with one attached hydrogen (secondary N) is 1. The van der Waals surface area contributed by atoms with Crippen LogP contribution in [0.15, 0.2) is 24.3 Å². The number of likely N-dealkylation sites (tertiary alicyclic amines) is 1. The first-order valence-electron chi connectivity index (χ1n) is 9.81. The molecule has 25 heavy (non-hydrogen) atoms. The van der Waals surface area contributed by atoms with Crippen LogP contribution in [0.3, 0.4) is 0 Å². The molecule has 4 rings (SSSR count). The summed E-state index contributed by atoms with van der Waals surface area (Å²) in [7, 11) is 0. The molecule has 3 aliphatic rings. The fourth-order valence-corrected chi connectivity index (χ4v) is 5.07. The van der Waals surface area contributed by atoms with Gasteiger partial charge in [0.2, 0.25) is 5.91 Å². The van der Waals surface area contributed by atoms with Crippen LogP contribution < -0.4 is 5.32 Å². The molecule has 0 radical (unpaired) electrons. The van der Waals surface area contributed by atoms with E-state index in [1.807, 2.05) is 0 Å². The molecule has 3 heterocycles. The van der Waals surface area contributed by atoms with E-state index in [1.165, 1.54) is 43.2 Å². The highest BCUT2D eigenvalue weighted by Crippen LogP contribution is 2.36. The summed E-state index contributed by atoms with van der Waals surface area (Å²) in [6.45, 7) is 3.06. The predicted molar refractivity (Wildman–Crippen MR) is 104 cm³/mol. The third kappa shape index (κ3) is 4.20. The van der Waals surface area contributed by atoms with Gasteiger partial charge in [-0.1, -0.05) is 29.8 Å². The normalized spacial score (nSPS) is 31.5. The lowest BCUT2D eigenvalue weighted by atomic mass is 9.88. The van der Waals surface area contributed by atoms with Crippen molar-refractivity contribution >= 4 is 18.3 Å². The van der Waals surface area contributed by atoms with Gasteiger partial charge in [-0.05, 0) is 63.4 Å². The summed E-state index contributed by atoms with van der Waals surface area (Å²) in [4.78, 5) is 15.2. The largest absolute Gasteiger partial charge is 0.336 e. The van der Waals surface area contributed by atoms with Crippen LogP contribution in [0.4, 0.5) is 0 Å². The summed E-state index contributed by atoms with van der Waals surface area (Å²) in [5, 5.41) is 3.69. The lowest BCUT2D eigenvalue weighted by molar-refractivity contribution is -0.136. The number of aryl methyl sites for hydroxylation is 1. The van der Waals surface area contributed by atoms with Gasteiger partial charge >= 0.3 is 0 Å². The zero-order valence-corrected chi connectivity index (χ0v) is 16.1. The van der Waals surface area contributed by atoms with E-state index in [0.29, 0.717) is 30.0 Å². The minimum absolute atomic E-state index is 0. The topological polar surface area (TPSA) is 32.3 Å². The monoisotopic (exact) mass is 362 g/mol. The van der Waals surface area contributed by atoms with Crippen molar-refractivity contribution in [2.75, 3.05) is 6.54 Å². The molecular formula is C21H31ClN2O. The maximum atomic E-state index is 13.1. The maximum Gasteiger partial charge on any atom is 0.223 e. The molecule has 3 aliphatic heterocycles. The second-order valence-corrected chi connectivity index (χ2v) is 8.19. The molecule has 1 aromatic rings. The molecule has 3 unspecified atom stereocenters. The van der Waals surface area contributed by atoms with E-state index in [0.717, 1.165) is 25.8 Å². The van der Waals surface area contributed by atoms with Crippen molar-refractivity contribution in [2.45, 2.75) is 76.4 Å². The lowest BCUT2D eigenvalue weighted by Crippen LogP contribution is -2.42. The van der Waals surface area contributed by atoms with E-state index in [1.54, 1.807) is 0 Å². The summed E-state index contributed by atoms with van der Waals surface area (Å²) in [5.41, 5.74) is 2.61. The van der Waals surface area contributed by atoms with Gasteiger partial charge in [0.05, 0.1) is 6.04 Å². The highest BCUT2D eigenvalue weighted by Gasteiger charge is 2.36. The Morgan fingerprint density at radius 3 is 2.44 bits per heavy atom. The number of hydrogen-bond acceptors (Lipinski definition) is 2. The van der Waals surface area contributed by atoms with Crippen LogP contribution in [0.5, 0.6) is 0 Å². The zero-order chi connectivity index (χ0) is 16.5. The van der Waals surface area contributed by atoms with E-state index < -0.39 is 0 Å². The van der Waals surface area contributed by atoms with Crippen molar-refractivity contribution in [3.05, 3.63) is 35.4 Å². The minimum atomic E-state index is 0. The lowest BCUT2D eigenvalue weighted by Gasteiger charge is -2.38. The van der Waals surface area contributed by atoms with Crippen LogP contribution in [0.25, 0.3) is 0 Å². The molecule has 3 nitrogen and oxygen atoms in total. The van der Waals surface area contributed by atoms with Crippen molar-refractivity contribution < 1.29 is 4.79 Å². The first-order valence-corrected chi connectivity index (χ1v) is 9.81. The molecule has 0 spiro atoms. The fraction of sp³-hybridized carbons (Fsp3) is 0.667. The van der Waals surface area contributed by atoms with Gasteiger partial charge in [-0.3, -0.25) is 4.79 Å². The quantitative estimate of drug-likeness (QED) is 0.864. The highest BCUT2D eigenvalue weighted by molar-refractivity contribution is 5.85. The van der Waals surface area contributed by atoms with Gasteiger partial charge in [-0.25, -0.2) is 0 Å². The number of nitrogens with zero attached hydrogens (tertiary/aromatic N) is 1. The van der Waals surface area contributed by atoms with E-state index in [4.69, 9.17) is 0 Å². The van der Waals surface area contributed by atoms with E-state index >= 15 is 0 Å². The molecule has 3 saturated heterocycles. The van der Waals surface area contributed by atoms with Crippen LogP contribution >= 0.6 is 12.4 Å². The molecule has 2 bridgehead atoms. The molecule has 1 amide bonds. The van der Waals surface area contributed by atoms with E-state index in [-0.39, 0.29) is 12.4 Å². The average molecular weight is 363 g/mol. The second kappa shape index (κ2) is 8.09. The van der Waals surface area contributed by atoms with E-state index in [9.17, 15) is 4.79 Å². The summed E-state index contributed by atoms with van der Waals surface area (Å²) in [6.07, 6.45) is 9.29. The molecule has 4 heteroatoms. The molecule has 0 saturated carbocycles. The summed E-state index contributed by atoms with van der Waals surface area (Å²) in [6, 6.07) is 10.4. The number of carbonyl (C=O) groups excluding carboxylic acids is 1. The first kappa shape index (κ1) is 18.7. The van der Waals surface area contributed by atoms with Gasteiger partial charge in [0.25, 0.3) is 0 Å². The van der Waals surface area contributed by atoms with Crippen molar-refractivity contribution in [3.8, 4) is 0 Å². The number of rotatable bonds is 3. The van der Waals surface area contributed by atoms with Crippen LogP contribution in [0, 0.1) is 12.8 Å². The van der Waals surface area contributed by atoms with Gasteiger partial charge in [-0.15, -0.1) is 12.4 Å². The Morgan fingerprint density at radius 2 is 1.76 bits per heavy atom. The molecule has 1 aromatic carbocycles. The van der Waals surface area contributed by atoms with Gasteiger partial charge < -0.3 is 10.2 Å². The molecule has 138 valence electrons. The van der Waals surface area contributed by atoms with Gasteiger partial charge in [-0.2, -0.15) is 0 Å². The van der Waals surface area contributed by atoms with Crippen LogP contribution in [-0.2, 0) is 4.79 Å². The minimum Gasteiger partial charge on any atom is -0.336 e. The predicted octanol–water partition coefficient (Wildman–Crippen LogP) is 4.39. The summed E-state index contributed by atoms with van der Waals surface area (Å²) in [5.74, 6) is 0.989. The zero-order valence-electron chi connectivity index (χ0n) is 15.2. The van der Waals surface area contributed by atoms with Gasteiger partial charge in [0.1, 0.15) is 0 Å². The number of fused-ring (bicyclic) bond motifs is 2. The SMILES string of the molecule is Cc1ccc(C2CCCCN2C(=O)CC2CC3CCC(C2)N3)cc1.Cl. The Labute approximate surface area is 158 Å². The molecule has 1 N–H and O–H groups in total. The Bertz CT molecular complexity index is 576. The fourth-order valence-electron chi connectivity index (χ4n) is 5.07. The third-order valence-corrected chi connectivity index (χ3v) is 6.32. The number of hydrogen-bond donors (Lipinski definition) is 1. The molecule has 3 fully saturated rings. The Balaban J connectivity index is 0.00000182. The number of carbonyl (C=O) groups is 1. The molecular weight excluding hydrogens is 332 g/mol. The van der Waals surface area contributed by atoms with Crippen LogP contribution in [0.1, 0.15) is 68.5 Å². The standard InChI is InChI=1S/C21H30N2O.ClH/c1-15-5-7-17(8-6-15)20-4-2-3-11-23(20)21(24)14-16-12-18-9-10-19(13-16)22-18;/h5-8,16,18-20,22H,2-4,9-14H2,1H3;1H. The van der Waals surface area contributed by atoms with Crippen molar-refractivity contribution in [3.63, 3.8) is 0 Å². The summed E-state index contributed by atoms with van der Waals surface area (Å²) < 4.78 is 0. The number of halogens is 1. The van der Waals surface area contributed by atoms with Crippen molar-refractivity contribution in [1.29, 1.82) is 0 Å². The maximum absolute atomic E-state index is 13.1. The average Bonchev–Trinajstić information content (AvgIpc) is 2.94. The van der Waals surface area contributed by atoms with E-state index in [2.05, 4.69) is 41.4 Å². The van der Waals surface area contributed by atoms with Crippen LogP contribution in [-0.4, -0.2) is 29.4 Å². The van der Waals surface area contributed by atoms with Crippen molar-refractivity contribution in [2.24, 2.45) is 5.92 Å².